The van der Waals surface area contributed by atoms with Gasteiger partial charge in [-0.2, -0.15) is 13.7 Å². The van der Waals surface area contributed by atoms with Crippen LogP contribution in [0.5, 0.6) is 0 Å². The molecule has 1 amide bonds. The van der Waals surface area contributed by atoms with Gasteiger partial charge in [0, 0.05) is 12.5 Å². The lowest BCUT2D eigenvalue weighted by molar-refractivity contribution is -0.122. The highest BCUT2D eigenvalue weighted by Gasteiger charge is 2.25. The van der Waals surface area contributed by atoms with Gasteiger partial charge in [0.05, 0.1) is 18.4 Å². The van der Waals surface area contributed by atoms with Crippen molar-refractivity contribution in [2.24, 2.45) is 11.7 Å². The maximum absolute atomic E-state index is 10.9. The van der Waals surface area contributed by atoms with Crippen LogP contribution in [0.15, 0.2) is 0 Å². The third-order valence-electron chi connectivity index (χ3n) is 1.87. The molecule has 4 N–H and O–H groups in total. The Morgan fingerprint density at radius 1 is 1.75 bits per heavy atom. The average molecular weight is 249 g/mol. The lowest BCUT2D eigenvalue weighted by atomic mass is 10.00. The number of carbonyl (C=O) groups excluding carboxylic acids is 1. The summed E-state index contributed by atoms with van der Waals surface area (Å²) < 4.78 is 25.9. The summed E-state index contributed by atoms with van der Waals surface area (Å²) in [7, 11) is -3.67. The number of hydrogen-bond donors (Lipinski definition) is 3. The van der Waals surface area contributed by atoms with Gasteiger partial charge in [0.25, 0.3) is 10.1 Å². The van der Waals surface area contributed by atoms with Gasteiger partial charge >= 0.3 is 0 Å². The molecule has 1 rings (SSSR count). The molecular weight excluding hydrogens is 234 g/mol. The summed E-state index contributed by atoms with van der Waals surface area (Å²) in [6.07, 6.45) is 2.02. The van der Waals surface area contributed by atoms with Crippen LogP contribution in [0.4, 0.5) is 0 Å². The van der Waals surface area contributed by atoms with Crippen LogP contribution in [0, 0.1) is 17.2 Å². The van der Waals surface area contributed by atoms with Crippen molar-refractivity contribution in [2.75, 3.05) is 12.8 Å². The SMILES string of the molecule is CS(=O)(=O)O.N#CC(N)C[C@@H]1CCNC1=O. The van der Waals surface area contributed by atoms with Gasteiger partial charge in [-0.05, 0) is 12.8 Å². The first-order valence-corrected chi connectivity index (χ1v) is 6.44. The molecule has 1 saturated heterocycles. The lowest BCUT2D eigenvalue weighted by Gasteiger charge is -2.06. The molecule has 0 aromatic carbocycles. The molecule has 7 nitrogen and oxygen atoms in total. The third kappa shape index (κ3) is 8.16. The van der Waals surface area contributed by atoms with Crippen molar-refractivity contribution in [2.45, 2.75) is 18.9 Å². The highest BCUT2D eigenvalue weighted by molar-refractivity contribution is 7.85. The van der Waals surface area contributed by atoms with E-state index >= 15 is 0 Å². The maximum Gasteiger partial charge on any atom is 0.261 e. The molecule has 0 aromatic heterocycles. The van der Waals surface area contributed by atoms with Crippen molar-refractivity contribution >= 4 is 16.0 Å². The van der Waals surface area contributed by atoms with Crippen LogP contribution < -0.4 is 11.1 Å². The van der Waals surface area contributed by atoms with E-state index in [0.29, 0.717) is 12.7 Å². The Hall–Kier alpha value is -1.17. The van der Waals surface area contributed by atoms with Crippen molar-refractivity contribution in [1.82, 2.24) is 5.32 Å². The van der Waals surface area contributed by atoms with Crippen LogP contribution in [0.1, 0.15) is 12.8 Å². The highest BCUT2D eigenvalue weighted by atomic mass is 32.2. The molecule has 1 aliphatic heterocycles. The molecule has 0 saturated carbocycles. The van der Waals surface area contributed by atoms with Crippen molar-refractivity contribution in [3.63, 3.8) is 0 Å². The number of hydrogen-bond acceptors (Lipinski definition) is 5. The molecule has 0 radical (unpaired) electrons. The summed E-state index contributed by atoms with van der Waals surface area (Å²) in [5.41, 5.74) is 5.37. The van der Waals surface area contributed by atoms with Crippen LogP contribution in [0.3, 0.4) is 0 Å². The fraction of sp³-hybridized carbons (Fsp3) is 0.750. The fourth-order valence-electron chi connectivity index (χ4n) is 1.23. The van der Waals surface area contributed by atoms with Gasteiger partial charge in [-0.15, -0.1) is 0 Å². The Morgan fingerprint density at radius 3 is 2.56 bits per heavy atom. The van der Waals surface area contributed by atoms with Crippen LogP contribution in [-0.4, -0.2) is 37.7 Å². The van der Waals surface area contributed by atoms with Gasteiger partial charge in [-0.3, -0.25) is 9.35 Å². The topological polar surface area (TPSA) is 133 Å². The largest absolute Gasteiger partial charge is 0.356 e. The minimum absolute atomic E-state index is 0.0374. The first-order valence-electron chi connectivity index (χ1n) is 4.59. The zero-order valence-corrected chi connectivity index (χ0v) is 9.70. The second-order valence-electron chi connectivity index (χ2n) is 3.48. The molecule has 92 valence electrons. The lowest BCUT2D eigenvalue weighted by Crippen LogP contribution is -2.26. The van der Waals surface area contributed by atoms with E-state index in [1.165, 1.54) is 0 Å². The Morgan fingerprint density at radius 2 is 2.25 bits per heavy atom. The maximum atomic E-state index is 10.9. The van der Waals surface area contributed by atoms with E-state index in [9.17, 15) is 13.2 Å². The average Bonchev–Trinajstić information content (AvgIpc) is 2.49. The Labute approximate surface area is 94.4 Å². The summed E-state index contributed by atoms with van der Waals surface area (Å²) >= 11 is 0. The van der Waals surface area contributed by atoms with Crippen LogP contribution >= 0.6 is 0 Å². The van der Waals surface area contributed by atoms with Gasteiger partial charge in [-0.1, -0.05) is 0 Å². The standard InChI is InChI=1S/C7H11N3O.CH4O3S/c8-4-6(9)3-5-1-2-10-7(5)11;1-5(2,3)4/h5-6H,1-3,9H2,(H,10,11);1H3,(H,2,3,4)/t5-,6?;/m0./s1. The quantitative estimate of drug-likeness (QED) is 0.530. The first kappa shape index (κ1) is 14.8. The molecule has 0 bridgehead atoms. The smallest absolute Gasteiger partial charge is 0.261 e. The van der Waals surface area contributed by atoms with Crippen LogP contribution in [0.25, 0.3) is 0 Å². The van der Waals surface area contributed by atoms with Gasteiger partial charge in [0.1, 0.15) is 0 Å². The molecule has 0 aromatic rings. The third-order valence-corrected chi connectivity index (χ3v) is 1.87. The second kappa shape index (κ2) is 6.42. The van der Waals surface area contributed by atoms with Crippen molar-refractivity contribution in [3.05, 3.63) is 0 Å². The van der Waals surface area contributed by atoms with E-state index in [0.717, 1.165) is 13.0 Å². The number of nitriles is 1. The molecule has 1 heterocycles. The molecule has 1 unspecified atom stereocenters. The van der Waals surface area contributed by atoms with Crippen molar-refractivity contribution in [1.29, 1.82) is 5.26 Å². The monoisotopic (exact) mass is 249 g/mol. The van der Waals surface area contributed by atoms with Crippen LogP contribution in [0.2, 0.25) is 0 Å². The van der Waals surface area contributed by atoms with Gasteiger partial charge in [-0.25, -0.2) is 0 Å². The summed E-state index contributed by atoms with van der Waals surface area (Å²) in [5, 5.41) is 11.1. The summed E-state index contributed by atoms with van der Waals surface area (Å²) in [5.74, 6) is 0.000324. The molecule has 1 fully saturated rings. The van der Waals surface area contributed by atoms with E-state index in [4.69, 9.17) is 15.5 Å². The summed E-state index contributed by atoms with van der Waals surface area (Å²) in [6.45, 7) is 0.724. The number of nitrogens with zero attached hydrogens (tertiary/aromatic N) is 1. The molecule has 8 heteroatoms. The minimum Gasteiger partial charge on any atom is -0.356 e. The number of nitrogens with two attached hydrogens (primary N) is 1. The van der Waals surface area contributed by atoms with Gasteiger partial charge in [0.15, 0.2) is 0 Å². The van der Waals surface area contributed by atoms with E-state index in [2.05, 4.69) is 5.32 Å². The first-order chi connectivity index (χ1) is 7.24. The number of nitrogens with one attached hydrogen (secondary N) is 1. The molecular formula is C8H15N3O4S. The Balaban J connectivity index is 0.000000385. The van der Waals surface area contributed by atoms with Gasteiger partial charge < -0.3 is 11.1 Å². The molecule has 1 aliphatic rings. The minimum atomic E-state index is -3.67. The molecule has 0 aliphatic carbocycles. The van der Waals surface area contributed by atoms with Crippen LogP contribution in [-0.2, 0) is 14.9 Å². The van der Waals surface area contributed by atoms with E-state index < -0.39 is 16.2 Å². The van der Waals surface area contributed by atoms with E-state index in [-0.39, 0.29) is 11.8 Å². The fourth-order valence-corrected chi connectivity index (χ4v) is 1.23. The van der Waals surface area contributed by atoms with Crippen molar-refractivity contribution in [3.8, 4) is 6.07 Å². The highest BCUT2D eigenvalue weighted by Crippen LogP contribution is 2.14. The predicted molar refractivity (Wildman–Crippen MR) is 56.8 cm³/mol. The number of rotatable bonds is 2. The van der Waals surface area contributed by atoms with Gasteiger partial charge in [0.2, 0.25) is 5.91 Å². The normalized spacial score (nSPS) is 21.4. The zero-order chi connectivity index (χ0) is 12.8. The zero-order valence-electron chi connectivity index (χ0n) is 8.88. The summed E-state index contributed by atoms with van der Waals surface area (Å²) in [4.78, 5) is 10.9. The molecule has 0 spiro atoms. The number of carbonyl (C=O) groups is 1. The second-order valence-corrected chi connectivity index (χ2v) is 4.95. The van der Waals surface area contributed by atoms with Crippen molar-refractivity contribution < 1.29 is 17.8 Å². The molecule has 2 atom stereocenters. The van der Waals surface area contributed by atoms with E-state index in [1.807, 2.05) is 6.07 Å². The van der Waals surface area contributed by atoms with E-state index in [1.54, 1.807) is 0 Å². The predicted octanol–water partition coefficient (Wildman–Crippen LogP) is -1.13. The Bertz CT molecular complexity index is 365. The molecule has 16 heavy (non-hydrogen) atoms. The Kier molecular flexibility index (Phi) is 5.95. The summed E-state index contributed by atoms with van der Waals surface area (Å²) in [6, 6.07) is 1.41. The number of amides is 1.